The van der Waals surface area contributed by atoms with E-state index < -0.39 is 19.5 Å². The number of hydrogen-bond donors (Lipinski definition) is 2. The number of carboxylic acid groups (broad SMARTS) is 1. The van der Waals surface area contributed by atoms with Gasteiger partial charge in [-0.15, -0.1) is 0 Å². The van der Waals surface area contributed by atoms with E-state index in [1.165, 1.54) is 6.20 Å². The highest BCUT2D eigenvalue weighted by Gasteiger charge is 2.25. The highest BCUT2D eigenvalue weighted by molar-refractivity contribution is 7.52. The van der Waals surface area contributed by atoms with Crippen molar-refractivity contribution in [1.82, 2.24) is 4.98 Å². The third kappa shape index (κ3) is 6.69. The van der Waals surface area contributed by atoms with Crippen molar-refractivity contribution in [3.05, 3.63) is 30.1 Å². The minimum Gasteiger partial charge on any atom is -0.481 e. The molecular formula is C11H14NO6P. The Labute approximate surface area is 109 Å². The Bertz CT molecular complexity index is 489. The summed E-state index contributed by atoms with van der Waals surface area (Å²) in [6, 6.07) is 4.85. The largest absolute Gasteiger partial charge is 0.481 e. The maximum absolute atomic E-state index is 11.6. The summed E-state index contributed by atoms with van der Waals surface area (Å²) in [5.74, 6) is -1.92. The second-order valence-corrected chi connectivity index (χ2v) is 5.60. The SMILES string of the molecule is O=C(O)CCCC(=O)OP(=O)(O)Cc1ccccn1. The molecule has 1 aromatic heterocycles. The standard InChI is InChI=1S/C11H14NO6P/c13-10(14)5-3-6-11(15)18-19(16,17)8-9-4-1-2-7-12-9/h1-2,4,7H,3,5-6,8H2,(H,13,14)(H,16,17). The van der Waals surface area contributed by atoms with Gasteiger partial charge in [0.1, 0.15) is 6.16 Å². The van der Waals surface area contributed by atoms with Crippen molar-refractivity contribution in [3.63, 3.8) is 0 Å². The second-order valence-electron chi connectivity index (χ2n) is 3.83. The van der Waals surface area contributed by atoms with E-state index >= 15 is 0 Å². The van der Waals surface area contributed by atoms with Crippen LogP contribution in [0.3, 0.4) is 0 Å². The van der Waals surface area contributed by atoms with Crippen LogP contribution in [0.5, 0.6) is 0 Å². The first-order chi connectivity index (χ1) is 8.89. The highest BCUT2D eigenvalue weighted by Crippen LogP contribution is 2.45. The molecule has 1 atom stereocenters. The van der Waals surface area contributed by atoms with Crippen LogP contribution in [-0.2, 0) is 24.8 Å². The van der Waals surface area contributed by atoms with Crippen LogP contribution in [0.15, 0.2) is 24.4 Å². The molecule has 7 nitrogen and oxygen atoms in total. The Morgan fingerprint density at radius 3 is 2.63 bits per heavy atom. The van der Waals surface area contributed by atoms with Crippen LogP contribution < -0.4 is 0 Å². The molecule has 0 amide bonds. The van der Waals surface area contributed by atoms with Crippen molar-refractivity contribution >= 4 is 19.5 Å². The van der Waals surface area contributed by atoms with E-state index in [1.54, 1.807) is 18.2 Å². The number of hydrogen-bond acceptors (Lipinski definition) is 5. The number of rotatable bonds is 7. The average molecular weight is 287 g/mol. The molecule has 0 aromatic carbocycles. The molecule has 0 aliphatic carbocycles. The van der Waals surface area contributed by atoms with Crippen LogP contribution in [0.25, 0.3) is 0 Å². The van der Waals surface area contributed by atoms with Gasteiger partial charge >= 0.3 is 19.5 Å². The normalized spacial score (nSPS) is 13.5. The van der Waals surface area contributed by atoms with Gasteiger partial charge in [0.2, 0.25) is 0 Å². The van der Waals surface area contributed by atoms with Gasteiger partial charge in [-0.3, -0.25) is 14.6 Å². The summed E-state index contributed by atoms with van der Waals surface area (Å²) >= 11 is 0. The fourth-order valence-corrected chi connectivity index (χ4v) is 2.39. The molecule has 8 heteroatoms. The molecule has 0 fully saturated rings. The molecule has 2 N–H and O–H groups in total. The summed E-state index contributed by atoms with van der Waals surface area (Å²) in [5.41, 5.74) is 0.340. The Morgan fingerprint density at radius 1 is 1.32 bits per heavy atom. The molecule has 1 heterocycles. The van der Waals surface area contributed by atoms with Crippen molar-refractivity contribution < 1.29 is 28.7 Å². The number of carbonyl (C=O) groups excluding carboxylic acids is 1. The van der Waals surface area contributed by atoms with E-state index in [0.29, 0.717) is 5.69 Å². The van der Waals surface area contributed by atoms with Gasteiger partial charge in [-0.1, -0.05) is 6.07 Å². The smallest absolute Gasteiger partial charge is 0.384 e. The van der Waals surface area contributed by atoms with Gasteiger partial charge in [0.05, 0.1) is 5.69 Å². The van der Waals surface area contributed by atoms with Gasteiger partial charge in [0.15, 0.2) is 0 Å². The topological polar surface area (TPSA) is 114 Å². The van der Waals surface area contributed by atoms with Crippen LogP contribution in [0, 0.1) is 0 Å². The summed E-state index contributed by atoms with van der Waals surface area (Å²) in [7, 11) is -4.09. The van der Waals surface area contributed by atoms with Gasteiger partial charge in [-0.2, -0.15) is 0 Å². The molecule has 1 unspecified atom stereocenters. The number of carbonyl (C=O) groups is 2. The lowest BCUT2D eigenvalue weighted by atomic mass is 10.2. The Kier molecular flexibility index (Phi) is 5.66. The van der Waals surface area contributed by atoms with Crippen molar-refractivity contribution in [2.75, 3.05) is 0 Å². The first-order valence-corrected chi connectivity index (χ1v) is 7.31. The number of pyridine rings is 1. The van der Waals surface area contributed by atoms with Crippen LogP contribution in [0.2, 0.25) is 0 Å². The van der Waals surface area contributed by atoms with Crippen LogP contribution in [0.1, 0.15) is 25.0 Å². The minimum absolute atomic E-state index is 0.0672. The van der Waals surface area contributed by atoms with E-state index in [2.05, 4.69) is 9.51 Å². The van der Waals surface area contributed by atoms with E-state index in [-0.39, 0.29) is 25.4 Å². The zero-order chi connectivity index (χ0) is 14.3. The highest BCUT2D eigenvalue weighted by atomic mass is 31.2. The van der Waals surface area contributed by atoms with Crippen LogP contribution in [0.4, 0.5) is 0 Å². The lowest BCUT2D eigenvalue weighted by Crippen LogP contribution is -2.05. The van der Waals surface area contributed by atoms with E-state index in [1.807, 2.05) is 0 Å². The lowest BCUT2D eigenvalue weighted by molar-refractivity contribution is -0.137. The molecule has 1 rings (SSSR count). The summed E-state index contributed by atoms with van der Waals surface area (Å²) in [6.45, 7) is 0. The van der Waals surface area contributed by atoms with Crippen molar-refractivity contribution in [2.24, 2.45) is 0 Å². The maximum atomic E-state index is 11.6. The molecule has 0 bridgehead atoms. The number of nitrogens with zero attached hydrogens (tertiary/aromatic N) is 1. The first kappa shape index (κ1) is 15.3. The van der Waals surface area contributed by atoms with E-state index in [0.717, 1.165) is 0 Å². The first-order valence-electron chi connectivity index (χ1n) is 5.55. The number of aliphatic carboxylic acids is 1. The fourth-order valence-electron chi connectivity index (χ4n) is 1.32. The molecule has 0 aliphatic rings. The van der Waals surface area contributed by atoms with Gasteiger partial charge in [0.25, 0.3) is 0 Å². The van der Waals surface area contributed by atoms with Crippen molar-refractivity contribution in [3.8, 4) is 0 Å². The summed E-state index contributed by atoms with van der Waals surface area (Å²) in [5, 5.41) is 8.39. The Morgan fingerprint density at radius 2 is 2.05 bits per heavy atom. The molecule has 0 saturated carbocycles. The predicted molar refractivity (Wildman–Crippen MR) is 65.3 cm³/mol. The maximum Gasteiger partial charge on any atom is 0.384 e. The molecule has 1 aromatic rings. The lowest BCUT2D eigenvalue weighted by Gasteiger charge is -2.11. The van der Waals surface area contributed by atoms with Crippen LogP contribution >= 0.6 is 7.60 Å². The minimum atomic E-state index is -4.09. The number of carboxylic acids is 1. The van der Waals surface area contributed by atoms with Gasteiger partial charge in [-0.05, 0) is 18.6 Å². The molecule has 19 heavy (non-hydrogen) atoms. The number of aromatic nitrogens is 1. The molecule has 104 valence electrons. The third-order valence-corrected chi connectivity index (χ3v) is 3.32. The fraction of sp³-hybridized carbons (Fsp3) is 0.364. The third-order valence-electron chi connectivity index (χ3n) is 2.10. The summed E-state index contributed by atoms with van der Waals surface area (Å²) < 4.78 is 16.1. The van der Waals surface area contributed by atoms with Gasteiger partial charge in [0, 0.05) is 19.0 Å². The van der Waals surface area contributed by atoms with E-state index in [4.69, 9.17) is 5.11 Å². The van der Waals surface area contributed by atoms with Gasteiger partial charge in [-0.25, -0.2) is 4.57 Å². The average Bonchev–Trinajstić information content (AvgIpc) is 2.28. The molecule has 0 saturated heterocycles. The predicted octanol–water partition coefficient (Wildman–Crippen LogP) is 1.57. The molecule has 0 spiro atoms. The second kappa shape index (κ2) is 7.01. The molecular weight excluding hydrogens is 273 g/mol. The quantitative estimate of drug-likeness (QED) is 0.731. The van der Waals surface area contributed by atoms with E-state index in [9.17, 15) is 19.0 Å². The Hall–Kier alpha value is -1.72. The van der Waals surface area contributed by atoms with Crippen molar-refractivity contribution in [1.29, 1.82) is 0 Å². The summed E-state index contributed by atoms with van der Waals surface area (Å²) in [4.78, 5) is 34.9. The van der Waals surface area contributed by atoms with Crippen LogP contribution in [-0.4, -0.2) is 26.9 Å². The van der Waals surface area contributed by atoms with Crippen molar-refractivity contribution in [2.45, 2.75) is 25.4 Å². The van der Waals surface area contributed by atoms with Gasteiger partial charge < -0.3 is 14.5 Å². The Balaban J connectivity index is 2.43. The monoisotopic (exact) mass is 287 g/mol. The zero-order valence-electron chi connectivity index (χ0n) is 10.1. The molecule has 0 radical (unpaired) electrons. The molecule has 0 aliphatic heterocycles. The summed E-state index contributed by atoms with van der Waals surface area (Å²) in [6.07, 6.45) is 0.768. The zero-order valence-corrected chi connectivity index (χ0v) is 11.0.